The summed E-state index contributed by atoms with van der Waals surface area (Å²) >= 11 is 0. The summed E-state index contributed by atoms with van der Waals surface area (Å²) in [5.41, 5.74) is 9.54. The average Bonchev–Trinajstić information content (AvgIpc) is 3.80. The lowest BCUT2D eigenvalue weighted by Crippen LogP contribution is -2.01. The first-order valence-corrected chi connectivity index (χ1v) is 16.1. The summed E-state index contributed by atoms with van der Waals surface area (Å²) in [6.45, 7) is 8.41. The first-order valence-electron chi connectivity index (χ1n) is 16.1. The van der Waals surface area contributed by atoms with Crippen molar-refractivity contribution in [2.45, 2.75) is 0 Å². The lowest BCUT2D eigenvalue weighted by Gasteiger charge is -2.10. The molecule has 0 bridgehead atoms. The zero-order valence-electron chi connectivity index (χ0n) is 26.5. The standard InChI is InChI=1S/C42H29N7/c1-3-34-35(4-2)49-37-33-22-14-15-23-36(33)47(31-20-12-7-13-21-31)41(37)46-42(49)48(34)32-26-24-30(25-27-32)40-44-38(28-16-8-5-9-17-28)43-39(45-40)29-18-10-6-11-19-29/h3-27H,1-2H2. The first kappa shape index (κ1) is 28.4. The van der Waals surface area contributed by atoms with E-state index in [1.807, 2.05) is 91.0 Å². The Labute approximate surface area is 282 Å². The van der Waals surface area contributed by atoms with Gasteiger partial charge in [0, 0.05) is 33.5 Å². The van der Waals surface area contributed by atoms with Crippen LogP contribution in [0, 0.1) is 0 Å². The van der Waals surface area contributed by atoms with Gasteiger partial charge in [-0.3, -0.25) is 13.5 Å². The third-order valence-corrected chi connectivity index (χ3v) is 8.88. The summed E-state index contributed by atoms with van der Waals surface area (Å²) in [6, 6.07) is 47.0. The molecule has 0 saturated heterocycles. The molecule has 49 heavy (non-hydrogen) atoms. The van der Waals surface area contributed by atoms with Crippen molar-refractivity contribution in [3.8, 4) is 45.5 Å². The van der Waals surface area contributed by atoms with Crippen LogP contribution in [0.15, 0.2) is 153 Å². The molecule has 0 radical (unpaired) electrons. The Hall–Kier alpha value is -6.86. The molecule has 0 unspecified atom stereocenters. The molecule has 9 aromatic rings. The maximum Gasteiger partial charge on any atom is 0.222 e. The van der Waals surface area contributed by atoms with Gasteiger partial charge in [-0.2, -0.15) is 4.98 Å². The van der Waals surface area contributed by atoms with Gasteiger partial charge in [0.15, 0.2) is 23.1 Å². The van der Waals surface area contributed by atoms with Gasteiger partial charge < -0.3 is 0 Å². The van der Waals surface area contributed by atoms with E-state index >= 15 is 0 Å². The topological polar surface area (TPSA) is 65.8 Å². The van der Waals surface area contributed by atoms with Crippen molar-refractivity contribution >= 4 is 40.0 Å². The van der Waals surface area contributed by atoms with Crippen molar-refractivity contribution in [2.75, 3.05) is 0 Å². The van der Waals surface area contributed by atoms with E-state index in [4.69, 9.17) is 19.9 Å². The third kappa shape index (κ3) is 4.52. The van der Waals surface area contributed by atoms with Crippen LogP contribution in [0.3, 0.4) is 0 Å². The number of aromatic nitrogens is 7. The molecule has 0 aliphatic rings. The fourth-order valence-electron chi connectivity index (χ4n) is 6.67. The van der Waals surface area contributed by atoms with Crippen molar-refractivity contribution in [3.63, 3.8) is 0 Å². The van der Waals surface area contributed by atoms with Crippen LogP contribution in [0.1, 0.15) is 11.4 Å². The third-order valence-electron chi connectivity index (χ3n) is 8.88. The summed E-state index contributed by atoms with van der Waals surface area (Å²) in [4.78, 5) is 20.0. The number of benzene rings is 5. The van der Waals surface area contributed by atoms with Crippen molar-refractivity contribution in [1.82, 2.24) is 33.5 Å². The van der Waals surface area contributed by atoms with E-state index < -0.39 is 0 Å². The molecule has 0 aliphatic carbocycles. The second kappa shape index (κ2) is 11.4. The van der Waals surface area contributed by atoms with Crippen LogP contribution in [-0.4, -0.2) is 33.5 Å². The first-order chi connectivity index (χ1) is 24.2. The number of rotatable bonds is 7. The average molecular weight is 632 g/mol. The van der Waals surface area contributed by atoms with E-state index in [0.29, 0.717) is 17.5 Å². The summed E-state index contributed by atoms with van der Waals surface area (Å²) in [6.07, 6.45) is 3.75. The Balaban J connectivity index is 1.23. The summed E-state index contributed by atoms with van der Waals surface area (Å²) in [5, 5.41) is 1.11. The van der Waals surface area contributed by atoms with Crippen LogP contribution in [-0.2, 0) is 0 Å². The molecule has 7 nitrogen and oxygen atoms in total. The lowest BCUT2D eigenvalue weighted by atomic mass is 10.1. The Morgan fingerprint density at radius 2 is 0.939 bits per heavy atom. The zero-order valence-corrected chi connectivity index (χ0v) is 26.5. The zero-order chi connectivity index (χ0) is 32.9. The molecule has 0 fully saturated rings. The fraction of sp³-hybridized carbons (Fsp3) is 0. The molecule has 232 valence electrons. The normalized spacial score (nSPS) is 11.4. The van der Waals surface area contributed by atoms with E-state index in [1.54, 1.807) is 0 Å². The van der Waals surface area contributed by atoms with Crippen molar-refractivity contribution in [1.29, 1.82) is 0 Å². The maximum absolute atomic E-state index is 5.31. The predicted octanol–water partition coefficient (Wildman–Crippen LogP) is 9.69. The van der Waals surface area contributed by atoms with Crippen LogP contribution in [0.2, 0.25) is 0 Å². The number of imidazole rings is 2. The lowest BCUT2D eigenvalue weighted by molar-refractivity contribution is 1.05. The molecule has 4 aromatic heterocycles. The maximum atomic E-state index is 5.31. The molecule has 0 N–H and O–H groups in total. The van der Waals surface area contributed by atoms with Crippen LogP contribution >= 0.6 is 0 Å². The Morgan fingerprint density at radius 3 is 1.51 bits per heavy atom. The fourth-order valence-corrected chi connectivity index (χ4v) is 6.67. The van der Waals surface area contributed by atoms with Crippen LogP contribution < -0.4 is 0 Å². The van der Waals surface area contributed by atoms with Crippen molar-refractivity contribution < 1.29 is 0 Å². The highest BCUT2D eigenvalue weighted by molar-refractivity contribution is 6.08. The van der Waals surface area contributed by atoms with Crippen molar-refractivity contribution in [3.05, 3.63) is 164 Å². The van der Waals surface area contributed by atoms with Crippen molar-refractivity contribution in [2.24, 2.45) is 0 Å². The molecular formula is C42H29N7. The van der Waals surface area contributed by atoms with Gasteiger partial charge in [0.25, 0.3) is 0 Å². The van der Waals surface area contributed by atoms with Gasteiger partial charge in [0.05, 0.1) is 16.9 Å². The molecule has 0 aliphatic heterocycles. The van der Waals surface area contributed by atoms with Crippen LogP contribution in [0.4, 0.5) is 0 Å². The summed E-state index contributed by atoms with van der Waals surface area (Å²) in [5.74, 6) is 2.62. The monoisotopic (exact) mass is 631 g/mol. The van der Waals surface area contributed by atoms with Gasteiger partial charge >= 0.3 is 0 Å². The second-order valence-electron chi connectivity index (χ2n) is 11.7. The van der Waals surface area contributed by atoms with E-state index in [9.17, 15) is 0 Å². The number of fused-ring (bicyclic) bond motifs is 5. The minimum absolute atomic E-state index is 0.600. The Bertz CT molecular complexity index is 2610. The predicted molar refractivity (Wildman–Crippen MR) is 199 cm³/mol. The van der Waals surface area contributed by atoms with E-state index in [2.05, 4.69) is 87.4 Å². The van der Waals surface area contributed by atoms with Gasteiger partial charge in [-0.25, -0.2) is 15.0 Å². The van der Waals surface area contributed by atoms with Gasteiger partial charge in [-0.1, -0.05) is 110 Å². The smallest absolute Gasteiger partial charge is 0.222 e. The van der Waals surface area contributed by atoms with Gasteiger partial charge in [0.1, 0.15) is 5.52 Å². The SMILES string of the molecule is C=Cc1c(C=C)n2c3c4ccccc4n(-c4ccccc4)c3nc2n1-c1ccc(-c2nc(-c3ccccc3)nc(-c3ccccc3)n2)cc1. The Morgan fingerprint density at radius 1 is 0.449 bits per heavy atom. The minimum atomic E-state index is 0.600. The second-order valence-corrected chi connectivity index (χ2v) is 11.7. The van der Waals surface area contributed by atoms with E-state index in [1.165, 1.54) is 0 Å². The molecule has 7 heteroatoms. The largest absolute Gasteiger partial charge is 0.292 e. The molecule has 0 saturated carbocycles. The van der Waals surface area contributed by atoms with E-state index in [-0.39, 0.29) is 0 Å². The number of nitrogens with zero attached hydrogens (tertiary/aromatic N) is 7. The highest BCUT2D eigenvalue weighted by atomic mass is 15.3. The molecule has 4 heterocycles. The van der Waals surface area contributed by atoms with Gasteiger partial charge in [-0.05, 0) is 54.6 Å². The molecule has 0 atom stereocenters. The highest BCUT2D eigenvalue weighted by Gasteiger charge is 2.25. The van der Waals surface area contributed by atoms with Gasteiger partial charge in [-0.15, -0.1) is 0 Å². The Kier molecular flexibility index (Phi) is 6.62. The molecule has 5 aromatic carbocycles. The number of para-hydroxylation sites is 2. The van der Waals surface area contributed by atoms with Crippen LogP contribution in [0.25, 0.3) is 85.5 Å². The summed E-state index contributed by atoms with van der Waals surface area (Å²) in [7, 11) is 0. The number of hydrogen-bond donors (Lipinski definition) is 0. The highest BCUT2D eigenvalue weighted by Crippen LogP contribution is 2.36. The molecular weight excluding hydrogens is 603 g/mol. The summed E-state index contributed by atoms with van der Waals surface area (Å²) < 4.78 is 6.55. The van der Waals surface area contributed by atoms with E-state index in [0.717, 1.165) is 67.3 Å². The molecule has 9 rings (SSSR count). The van der Waals surface area contributed by atoms with Gasteiger partial charge in [0.2, 0.25) is 5.78 Å². The number of hydrogen-bond acceptors (Lipinski definition) is 4. The molecule has 0 spiro atoms. The molecule has 0 amide bonds. The quantitative estimate of drug-likeness (QED) is 0.176. The minimum Gasteiger partial charge on any atom is -0.292 e. The van der Waals surface area contributed by atoms with Crippen LogP contribution in [0.5, 0.6) is 0 Å².